The van der Waals surface area contributed by atoms with Gasteiger partial charge in [-0.15, -0.1) is 0 Å². The molecular formula is C27H23ClFN3O4S2. The van der Waals surface area contributed by atoms with Gasteiger partial charge in [0, 0.05) is 28.9 Å². The Bertz CT molecular complexity index is 1480. The number of rotatable bonds is 4. The van der Waals surface area contributed by atoms with Crippen LogP contribution < -0.4 is 9.77 Å². The SMILES string of the molecule is O=C(Cn1c2c(sc1=O)[C@H](c1ccc(Cl)cc1)C1C(=O)N(c3ccc(F)cc3)C(=O)C1S2)N1CCCCC1. The Kier molecular flexibility index (Phi) is 6.65. The number of anilines is 1. The van der Waals surface area contributed by atoms with E-state index in [1.807, 2.05) is 0 Å². The van der Waals surface area contributed by atoms with Gasteiger partial charge < -0.3 is 4.90 Å². The fraction of sp³-hybridized carbons (Fsp3) is 0.333. The summed E-state index contributed by atoms with van der Waals surface area (Å²) in [5, 5.41) is 0.273. The van der Waals surface area contributed by atoms with Gasteiger partial charge in [0.2, 0.25) is 17.7 Å². The molecule has 0 N–H and O–H groups in total. The predicted octanol–water partition coefficient (Wildman–Crippen LogP) is 4.51. The number of fused-ring (bicyclic) bond motifs is 2. The Hall–Kier alpha value is -2.95. The van der Waals surface area contributed by atoms with E-state index in [2.05, 4.69) is 0 Å². The van der Waals surface area contributed by atoms with E-state index >= 15 is 0 Å². The first-order chi connectivity index (χ1) is 18.3. The number of amides is 3. The van der Waals surface area contributed by atoms with E-state index in [0.717, 1.165) is 41.1 Å². The number of thioether (sulfide) groups is 1. The molecule has 3 atom stereocenters. The number of carbonyl (C=O) groups is 3. The minimum absolute atomic E-state index is 0.105. The molecule has 0 radical (unpaired) electrons. The molecule has 3 aliphatic rings. The molecule has 11 heteroatoms. The largest absolute Gasteiger partial charge is 0.341 e. The first-order valence-electron chi connectivity index (χ1n) is 12.4. The minimum atomic E-state index is -0.800. The molecule has 3 aliphatic heterocycles. The normalized spacial score (nSPS) is 22.9. The average molecular weight is 572 g/mol. The predicted molar refractivity (Wildman–Crippen MR) is 144 cm³/mol. The highest BCUT2D eigenvalue weighted by molar-refractivity contribution is 8.00. The van der Waals surface area contributed by atoms with E-state index in [4.69, 9.17) is 11.6 Å². The van der Waals surface area contributed by atoms with Crippen LogP contribution in [-0.2, 0) is 20.9 Å². The molecule has 0 saturated carbocycles. The molecule has 38 heavy (non-hydrogen) atoms. The number of hydrogen-bond acceptors (Lipinski definition) is 6. The Morgan fingerprint density at radius 1 is 0.947 bits per heavy atom. The molecule has 196 valence electrons. The zero-order valence-corrected chi connectivity index (χ0v) is 22.5. The van der Waals surface area contributed by atoms with Crippen LogP contribution in [0.4, 0.5) is 10.1 Å². The van der Waals surface area contributed by atoms with Crippen molar-refractivity contribution in [3.05, 3.63) is 79.5 Å². The van der Waals surface area contributed by atoms with E-state index in [1.165, 1.54) is 40.6 Å². The summed E-state index contributed by atoms with van der Waals surface area (Å²) in [6.07, 6.45) is 2.96. The second kappa shape index (κ2) is 9.98. The van der Waals surface area contributed by atoms with Crippen molar-refractivity contribution in [1.29, 1.82) is 0 Å². The van der Waals surface area contributed by atoms with Crippen LogP contribution in [0.3, 0.4) is 0 Å². The van der Waals surface area contributed by atoms with Crippen LogP contribution in [0.15, 0.2) is 58.4 Å². The summed E-state index contributed by atoms with van der Waals surface area (Å²) in [4.78, 5) is 57.1. The monoisotopic (exact) mass is 571 g/mol. The first-order valence-corrected chi connectivity index (χ1v) is 14.5. The highest BCUT2D eigenvalue weighted by Crippen LogP contribution is 2.54. The highest BCUT2D eigenvalue weighted by atomic mass is 35.5. The molecule has 7 nitrogen and oxygen atoms in total. The van der Waals surface area contributed by atoms with E-state index in [-0.39, 0.29) is 17.3 Å². The van der Waals surface area contributed by atoms with Gasteiger partial charge in [-0.25, -0.2) is 9.29 Å². The molecule has 3 amide bonds. The van der Waals surface area contributed by atoms with Crippen molar-refractivity contribution in [3.63, 3.8) is 0 Å². The smallest absolute Gasteiger partial charge is 0.308 e. The van der Waals surface area contributed by atoms with Crippen LogP contribution in [-0.4, -0.2) is 45.5 Å². The molecule has 0 spiro atoms. The Morgan fingerprint density at radius 3 is 2.32 bits per heavy atom. The van der Waals surface area contributed by atoms with Crippen LogP contribution in [0, 0.1) is 11.7 Å². The van der Waals surface area contributed by atoms with Gasteiger partial charge in [0.15, 0.2) is 0 Å². The van der Waals surface area contributed by atoms with Crippen molar-refractivity contribution in [2.24, 2.45) is 5.92 Å². The number of imide groups is 1. The van der Waals surface area contributed by atoms with E-state index in [0.29, 0.717) is 33.7 Å². The lowest BCUT2D eigenvalue weighted by molar-refractivity contribution is -0.133. The number of nitrogens with zero attached hydrogens (tertiary/aromatic N) is 3. The third kappa shape index (κ3) is 4.28. The molecule has 4 heterocycles. The van der Waals surface area contributed by atoms with Gasteiger partial charge in [-0.3, -0.25) is 23.7 Å². The number of halogens is 2. The molecule has 2 saturated heterocycles. The Morgan fingerprint density at radius 2 is 1.63 bits per heavy atom. The van der Waals surface area contributed by atoms with Crippen molar-refractivity contribution in [2.75, 3.05) is 18.0 Å². The molecule has 2 unspecified atom stereocenters. The van der Waals surface area contributed by atoms with Gasteiger partial charge in [-0.1, -0.05) is 46.8 Å². The van der Waals surface area contributed by atoms with Crippen LogP contribution in [0.25, 0.3) is 0 Å². The second-order valence-electron chi connectivity index (χ2n) is 9.65. The lowest BCUT2D eigenvalue weighted by Gasteiger charge is -2.31. The van der Waals surface area contributed by atoms with Gasteiger partial charge in [0.25, 0.3) is 0 Å². The third-order valence-electron chi connectivity index (χ3n) is 7.37. The number of likely N-dealkylation sites (tertiary alicyclic amines) is 1. The van der Waals surface area contributed by atoms with Gasteiger partial charge in [-0.05, 0) is 61.2 Å². The summed E-state index contributed by atoms with van der Waals surface area (Å²) >= 11 is 8.32. The molecular weight excluding hydrogens is 549 g/mol. The lowest BCUT2D eigenvalue weighted by atomic mass is 9.83. The minimum Gasteiger partial charge on any atom is -0.341 e. The van der Waals surface area contributed by atoms with Crippen LogP contribution in [0.5, 0.6) is 0 Å². The number of benzene rings is 2. The van der Waals surface area contributed by atoms with Gasteiger partial charge in [-0.2, -0.15) is 0 Å². The summed E-state index contributed by atoms with van der Waals surface area (Å²) in [6.45, 7) is 1.24. The maximum atomic E-state index is 13.8. The van der Waals surface area contributed by atoms with E-state index < -0.39 is 34.7 Å². The zero-order chi connectivity index (χ0) is 26.6. The summed E-state index contributed by atoms with van der Waals surface area (Å²) in [6, 6.07) is 12.3. The lowest BCUT2D eigenvalue weighted by Crippen LogP contribution is -2.39. The quantitative estimate of drug-likeness (QED) is 0.431. The summed E-state index contributed by atoms with van der Waals surface area (Å²) < 4.78 is 15.0. The van der Waals surface area contributed by atoms with Crippen LogP contribution in [0.2, 0.25) is 5.02 Å². The average Bonchev–Trinajstić information content (AvgIpc) is 3.36. The standard InChI is InChI=1S/C27H23ClFN3O4S2/c28-16-6-4-15(5-7-16)20-21-22(25(35)32(24(21)34)18-10-8-17(29)9-11-18)37-26-23(20)38-27(36)31(26)14-19(33)30-12-2-1-3-13-30/h4-11,20-22H,1-3,12-14H2/t20-,21?,22?/m1/s1. The second-order valence-corrected chi connectivity index (χ2v) is 12.2. The number of thiazole rings is 1. The third-order valence-corrected chi connectivity index (χ3v) is 10.2. The topological polar surface area (TPSA) is 79.7 Å². The number of piperidine rings is 1. The van der Waals surface area contributed by atoms with Gasteiger partial charge in [0.1, 0.15) is 17.6 Å². The highest BCUT2D eigenvalue weighted by Gasteiger charge is 2.56. The Labute approximate surface area is 231 Å². The molecule has 0 aliphatic carbocycles. The fourth-order valence-electron chi connectivity index (χ4n) is 5.51. The van der Waals surface area contributed by atoms with Crippen molar-refractivity contribution in [1.82, 2.24) is 9.47 Å². The molecule has 6 rings (SSSR count). The van der Waals surface area contributed by atoms with Crippen molar-refractivity contribution in [3.8, 4) is 0 Å². The van der Waals surface area contributed by atoms with Crippen LogP contribution in [0.1, 0.15) is 35.6 Å². The number of aromatic nitrogens is 1. The van der Waals surface area contributed by atoms with Crippen molar-refractivity contribution < 1.29 is 18.8 Å². The number of hydrogen-bond donors (Lipinski definition) is 0. The summed E-state index contributed by atoms with van der Waals surface area (Å²) in [5.74, 6) is -2.76. The summed E-state index contributed by atoms with van der Waals surface area (Å²) in [5.41, 5.74) is 1.05. The van der Waals surface area contributed by atoms with Gasteiger partial charge >= 0.3 is 4.87 Å². The summed E-state index contributed by atoms with van der Waals surface area (Å²) in [7, 11) is 0. The fourth-order valence-corrected chi connectivity index (χ4v) is 8.41. The Balaban J connectivity index is 1.43. The van der Waals surface area contributed by atoms with E-state index in [1.54, 1.807) is 29.2 Å². The maximum absolute atomic E-state index is 13.8. The van der Waals surface area contributed by atoms with E-state index in [9.17, 15) is 23.6 Å². The molecule has 3 aromatic rings. The zero-order valence-electron chi connectivity index (χ0n) is 20.1. The first kappa shape index (κ1) is 25.3. The molecule has 2 fully saturated rings. The van der Waals surface area contributed by atoms with Crippen molar-refractivity contribution >= 4 is 58.1 Å². The number of carbonyl (C=O) groups excluding carboxylic acids is 3. The molecule has 2 aromatic carbocycles. The van der Waals surface area contributed by atoms with Crippen molar-refractivity contribution in [2.45, 2.75) is 42.0 Å². The maximum Gasteiger partial charge on any atom is 0.308 e. The molecule has 0 bridgehead atoms. The molecule has 1 aromatic heterocycles. The van der Waals surface area contributed by atoms with Gasteiger partial charge in [0.05, 0.1) is 16.6 Å². The van der Waals surface area contributed by atoms with Crippen LogP contribution >= 0.6 is 34.7 Å².